The molecule has 0 radical (unpaired) electrons. The first-order valence-corrected chi connectivity index (χ1v) is 10.1. The molecule has 2 heterocycles. The zero-order valence-electron chi connectivity index (χ0n) is 17.0. The van der Waals surface area contributed by atoms with Crippen molar-refractivity contribution in [2.24, 2.45) is 5.92 Å². The average molecular weight is 436 g/mol. The number of hydrogen-bond donors (Lipinski definition) is 4. The monoisotopic (exact) mass is 436 g/mol. The number of aliphatic hydroxyl groups is 3. The maximum absolute atomic E-state index is 15.3. The summed E-state index contributed by atoms with van der Waals surface area (Å²) in [4.78, 5) is 26.0. The highest BCUT2D eigenvalue weighted by Gasteiger charge is 2.42. The van der Waals surface area contributed by atoms with Crippen molar-refractivity contribution in [3.05, 3.63) is 33.9 Å². The van der Waals surface area contributed by atoms with Gasteiger partial charge in [0.15, 0.2) is 11.6 Å². The van der Waals surface area contributed by atoms with Gasteiger partial charge in [0.1, 0.15) is 16.9 Å². The summed E-state index contributed by atoms with van der Waals surface area (Å²) >= 11 is 0. The number of benzene rings is 1. The van der Waals surface area contributed by atoms with Gasteiger partial charge in [0.25, 0.3) is 0 Å². The van der Waals surface area contributed by atoms with Crippen LogP contribution in [0, 0.1) is 11.7 Å². The van der Waals surface area contributed by atoms with E-state index in [1.54, 1.807) is 9.47 Å². The van der Waals surface area contributed by atoms with Crippen molar-refractivity contribution in [3.8, 4) is 5.75 Å². The van der Waals surface area contributed by atoms with E-state index in [1.807, 2.05) is 0 Å². The number of pyridine rings is 1. The second-order valence-electron chi connectivity index (χ2n) is 8.30. The van der Waals surface area contributed by atoms with Gasteiger partial charge in [-0.25, -0.2) is 9.18 Å². The van der Waals surface area contributed by atoms with Crippen molar-refractivity contribution in [1.82, 2.24) is 4.57 Å². The molecular weight excluding hydrogens is 411 g/mol. The Hall–Kier alpha value is -2.69. The number of carboxylic acid groups (broad SMARTS) is 1. The molecule has 1 atom stereocenters. The van der Waals surface area contributed by atoms with Gasteiger partial charge >= 0.3 is 5.97 Å². The Morgan fingerprint density at radius 3 is 2.52 bits per heavy atom. The van der Waals surface area contributed by atoms with E-state index in [0.717, 1.165) is 18.9 Å². The van der Waals surface area contributed by atoms with Crippen molar-refractivity contribution in [1.29, 1.82) is 0 Å². The van der Waals surface area contributed by atoms with Gasteiger partial charge in [0, 0.05) is 31.2 Å². The lowest BCUT2D eigenvalue weighted by molar-refractivity contribution is -0.0900. The van der Waals surface area contributed by atoms with E-state index < -0.39 is 47.5 Å². The Balaban J connectivity index is 1.89. The molecule has 1 saturated carbocycles. The third kappa shape index (κ3) is 3.44. The van der Waals surface area contributed by atoms with E-state index in [0.29, 0.717) is 18.5 Å². The topological polar surface area (TPSA) is 132 Å². The first-order valence-electron chi connectivity index (χ1n) is 10.1. The molecule has 0 bridgehead atoms. The Labute approximate surface area is 176 Å². The largest absolute Gasteiger partial charge is 0.492 e. The summed E-state index contributed by atoms with van der Waals surface area (Å²) in [6.07, 6.45) is 3.31. The van der Waals surface area contributed by atoms with Crippen LogP contribution in [-0.2, 0) is 0 Å². The number of aliphatic hydroxyl groups excluding tert-OH is 2. The van der Waals surface area contributed by atoms with Crippen LogP contribution in [0.3, 0.4) is 0 Å². The van der Waals surface area contributed by atoms with Crippen LogP contribution in [-0.4, -0.2) is 70.0 Å². The van der Waals surface area contributed by atoms with Crippen molar-refractivity contribution in [2.75, 3.05) is 38.3 Å². The summed E-state index contributed by atoms with van der Waals surface area (Å²) in [5.41, 5.74) is -2.46. The highest BCUT2D eigenvalue weighted by atomic mass is 19.1. The van der Waals surface area contributed by atoms with Crippen LogP contribution in [0.25, 0.3) is 10.9 Å². The number of aromatic nitrogens is 1. The maximum atomic E-state index is 15.3. The summed E-state index contributed by atoms with van der Waals surface area (Å²) < 4.78 is 22.5. The van der Waals surface area contributed by atoms with E-state index in [9.17, 15) is 30.0 Å². The zero-order chi connectivity index (χ0) is 22.5. The predicted octanol–water partition coefficient (Wildman–Crippen LogP) is 0.724. The molecule has 1 aromatic heterocycles. The number of nitrogens with zero attached hydrogens (tertiary/aromatic N) is 2. The van der Waals surface area contributed by atoms with E-state index in [4.69, 9.17) is 4.74 Å². The normalized spacial score (nSPS) is 19.3. The van der Waals surface area contributed by atoms with Gasteiger partial charge in [-0.1, -0.05) is 0 Å². The van der Waals surface area contributed by atoms with Crippen LogP contribution >= 0.6 is 0 Å². The van der Waals surface area contributed by atoms with E-state index in [2.05, 4.69) is 0 Å². The van der Waals surface area contributed by atoms with Gasteiger partial charge in [-0.05, 0) is 25.3 Å². The van der Waals surface area contributed by atoms with Crippen molar-refractivity contribution in [3.63, 3.8) is 0 Å². The molecule has 1 aliphatic carbocycles. The van der Waals surface area contributed by atoms with Crippen molar-refractivity contribution >= 4 is 22.6 Å². The predicted molar refractivity (Wildman–Crippen MR) is 109 cm³/mol. The second kappa shape index (κ2) is 7.77. The molecule has 4 N–H and O–H groups in total. The fraction of sp³-hybridized carbons (Fsp3) is 0.524. The second-order valence-corrected chi connectivity index (χ2v) is 8.30. The molecule has 2 fully saturated rings. The van der Waals surface area contributed by atoms with Crippen LogP contribution in [0.15, 0.2) is 17.1 Å². The number of carboxylic acids is 1. The van der Waals surface area contributed by atoms with Gasteiger partial charge in [-0.15, -0.1) is 0 Å². The molecule has 2 aromatic rings. The molecule has 1 unspecified atom stereocenters. The molecule has 0 spiro atoms. The minimum absolute atomic E-state index is 0.00592. The molecule has 9 nitrogen and oxygen atoms in total. The minimum atomic E-state index is -1.69. The van der Waals surface area contributed by atoms with Crippen molar-refractivity contribution in [2.45, 2.75) is 30.9 Å². The van der Waals surface area contributed by atoms with Crippen LogP contribution in [0.2, 0.25) is 0 Å². The molecule has 0 amide bonds. The summed E-state index contributed by atoms with van der Waals surface area (Å²) in [5.74, 6) is -2.50. The average Bonchev–Trinajstić information content (AvgIpc) is 3.48. The molecule has 1 aromatic carbocycles. The number of anilines is 1. The van der Waals surface area contributed by atoms with Crippen molar-refractivity contribution < 1.29 is 34.3 Å². The highest BCUT2D eigenvalue weighted by Crippen LogP contribution is 2.45. The lowest BCUT2D eigenvalue weighted by Gasteiger charge is -2.31. The Morgan fingerprint density at radius 1 is 1.29 bits per heavy atom. The van der Waals surface area contributed by atoms with Crippen LogP contribution in [0.5, 0.6) is 5.75 Å². The number of hydrogen-bond acceptors (Lipinski definition) is 7. The number of rotatable bonds is 7. The van der Waals surface area contributed by atoms with Crippen LogP contribution < -0.4 is 15.1 Å². The lowest BCUT2D eigenvalue weighted by Crippen LogP contribution is -2.46. The fourth-order valence-corrected chi connectivity index (χ4v) is 4.43. The molecule has 1 saturated heterocycles. The summed E-state index contributed by atoms with van der Waals surface area (Å²) in [7, 11) is 1.36. The van der Waals surface area contributed by atoms with Gasteiger partial charge < -0.3 is 34.6 Å². The number of halogens is 1. The lowest BCUT2D eigenvalue weighted by atomic mass is 9.88. The molecule has 2 aliphatic rings. The number of methoxy groups -OCH3 is 1. The Morgan fingerprint density at radius 2 is 1.97 bits per heavy atom. The Bertz CT molecular complexity index is 1090. The van der Waals surface area contributed by atoms with Gasteiger partial charge in [0.2, 0.25) is 5.43 Å². The quantitative estimate of drug-likeness (QED) is 0.499. The molecular formula is C21H25FN2O7. The molecule has 10 heteroatoms. The van der Waals surface area contributed by atoms with E-state index >= 15 is 4.39 Å². The van der Waals surface area contributed by atoms with Gasteiger partial charge in [-0.2, -0.15) is 0 Å². The number of fused-ring (bicyclic) bond motifs is 1. The standard InChI is InChI=1S/C21H25FN2O7/c1-31-19-16-13(18(27)14(20(28)29)8-24(16)12-2-3-12)6-15(22)17(19)23-5-4-11(7-23)21(30,9-25)10-26/h6,8,11-12,25-26,30H,2-5,7,9-10H2,1H3,(H,28,29). The first kappa shape index (κ1) is 21.5. The first-order chi connectivity index (χ1) is 14.8. The van der Waals surface area contributed by atoms with E-state index in [-0.39, 0.29) is 29.4 Å². The van der Waals surface area contributed by atoms with Crippen LogP contribution in [0.1, 0.15) is 35.7 Å². The maximum Gasteiger partial charge on any atom is 0.341 e. The number of carbonyl (C=O) groups is 1. The zero-order valence-corrected chi connectivity index (χ0v) is 17.0. The summed E-state index contributed by atoms with van der Waals surface area (Å²) in [6.45, 7) is -0.749. The molecule has 31 heavy (non-hydrogen) atoms. The Kier molecular flexibility index (Phi) is 5.40. The van der Waals surface area contributed by atoms with Crippen LogP contribution in [0.4, 0.5) is 10.1 Å². The fourth-order valence-electron chi connectivity index (χ4n) is 4.43. The molecule has 168 valence electrons. The molecule has 1 aliphatic heterocycles. The van der Waals surface area contributed by atoms with E-state index in [1.165, 1.54) is 13.3 Å². The summed E-state index contributed by atoms with van der Waals surface area (Å²) in [6, 6.07) is 1.03. The molecule has 4 rings (SSSR count). The van der Waals surface area contributed by atoms with Gasteiger partial charge in [-0.3, -0.25) is 4.79 Å². The SMILES string of the molecule is COc1c(N2CCC(C(O)(CO)CO)C2)c(F)cc2c(=O)c(C(=O)O)cn(C3CC3)c12. The third-order valence-electron chi connectivity index (χ3n) is 6.38. The number of ether oxygens (including phenoxy) is 1. The minimum Gasteiger partial charge on any atom is -0.492 e. The van der Waals surface area contributed by atoms with Gasteiger partial charge in [0.05, 0.1) is 31.2 Å². The number of aromatic carboxylic acids is 1. The highest BCUT2D eigenvalue weighted by molar-refractivity contribution is 5.97. The summed E-state index contributed by atoms with van der Waals surface area (Å²) in [5, 5.41) is 38.8. The smallest absolute Gasteiger partial charge is 0.341 e. The third-order valence-corrected chi connectivity index (χ3v) is 6.38.